The molecule has 0 saturated heterocycles. The van der Waals surface area contributed by atoms with Crippen LogP contribution in [0.15, 0.2) is 11.4 Å². The Labute approximate surface area is 119 Å². The molecule has 1 amide bonds. The van der Waals surface area contributed by atoms with Crippen LogP contribution in [0.1, 0.15) is 44.4 Å². The smallest absolute Gasteiger partial charge is 0.221 e. The van der Waals surface area contributed by atoms with Crippen molar-refractivity contribution < 1.29 is 4.79 Å². The van der Waals surface area contributed by atoms with Crippen molar-refractivity contribution in [2.75, 3.05) is 11.9 Å². The molecular weight excluding hydrogens is 256 g/mol. The van der Waals surface area contributed by atoms with E-state index in [4.69, 9.17) is 0 Å². The fourth-order valence-electron chi connectivity index (χ4n) is 2.91. The molecule has 2 rings (SSSR count). The van der Waals surface area contributed by atoms with Gasteiger partial charge in [0.1, 0.15) is 0 Å². The summed E-state index contributed by atoms with van der Waals surface area (Å²) in [6.45, 7) is 5.87. The van der Waals surface area contributed by atoms with Crippen molar-refractivity contribution >= 4 is 22.9 Å². The lowest BCUT2D eigenvalue weighted by Gasteiger charge is -2.26. The highest BCUT2D eigenvalue weighted by Gasteiger charge is 2.18. The van der Waals surface area contributed by atoms with Gasteiger partial charge in [-0.3, -0.25) is 4.79 Å². The maximum Gasteiger partial charge on any atom is 0.221 e. The van der Waals surface area contributed by atoms with Crippen molar-refractivity contribution in [1.29, 1.82) is 0 Å². The topological polar surface area (TPSA) is 41.1 Å². The zero-order valence-electron chi connectivity index (χ0n) is 11.9. The van der Waals surface area contributed by atoms with E-state index in [9.17, 15) is 4.79 Å². The lowest BCUT2D eigenvalue weighted by atomic mass is 9.82. The minimum absolute atomic E-state index is 0.000699. The largest absolute Gasteiger partial charge is 0.325 e. The SMILES string of the molecule is CC(=O)Nc1ccsc1CNCC1CCCC(C)C1. The van der Waals surface area contributed by atoms with Crippen LogP contribution in [0.25, 0.3) is 0 Å². The zero-order valence-corrected chi connectivity index (χ0v) is 12.7. The Bertz CT molecular complexity index is 416. The normalized spacial score (nSPS) is 23.3. The number of hydrogen-bond acceptors (Lipinski definition) is 3. The fourth-order valence-corrected chi connectivity index (χ4v) is 3.71. The summed E-state index contributed by atoms with van der Waals surface area (Å²) in [5.41, 5.74) is 0.960. The van der Waals surface area contributed by atoms with Gasteiger partial charge in [0, 0.05) is 18.3 Å². The Morgan fingerprint density at radius 3 is 3.05 bits per heavy atom. The van der Waals surface area contributed by atoms with Gasteiger partial charge in [0.2, 0.25) is 5.91 Å². The highest BCUT2D eigenvalue weighted by Crippen LogP contribution is 2.28. The number of rotatable bonds is 5. The molecule has 0 bridgehead atoms. The molecule has 1 fully saturated rings. The van der Waals surface area contributed by atoms with Crippen LogP contribution in [0, 0.1) is 11.8 Å². The number of hydrogen-bond donors (Lipinski definition) is 2. The van der Waals surface area contributed by atoms with Crippen molar-refractivity contribution in [2.45, 2.75) is 46.1 Å². The van der Waals surface area contributed by atoms with Crippen LogP contribution >= 0.6 is 11.3 Å². The lowest BCUT2D eigenvalue weighted by Crippen LogP contribution is -2.26. The monoisotopic (exact) mass is 280 g/mol. The molecular formula is C15H24N2OS. The van der Waals surface area contributed by atoms with Crippen LogP contribution in [0.3, 0.4) is 0 Å². The summed E-state index contributed by atoms with van der Waals surface area (Å²) in [4.78, 5) is 12.3. The van der Waals surface area contributed by atoms with Crippen LogP contribution in [0.2, 0.25) is 0 Å². The Hall–Kier alpha value is -0.870. The number of carbonyl (C=O) groups is 1. The molecule has 0 aromatic carbocycles. The van der Waals surface area contributed by atoms with Gasteiger partial charge in [-0.1, -0.05) is 19.8 Å². The molecule has 0 aliphatic heterocycles. The lowest BCUT2D eigenvalue weighted by molar-refractivity contribution is -0.114. The molecule has 2 atom stereocenters. The van der Waals surface area contributed by atoms with Gasteiger partial charge < -0.3 is 10.6 Å². The van der Waals surface area contributed by atoms with E-state index in [1.165, 1.54) is 30.6 Å². The quantitative estimate of drug-likeness (QED) is 0.865. The van der Waals surface area contributed by atoms with E-state index in [0.717, 1.165) is 30.6 Å². The second-order valence-corrected chi connectivity index (χ2v) is 6.71. The van der Waals surface area contributed by atoms with Gasteiger partial charge in [0.05, 0.1) is 5.69 Å². The molecule has 3 nitrogen and oxygen atoms in total. The first-order valence-corrected chi connectivity index (χ1v) is 8.07. The van der Waals surface area contributed by atoms with Gasteiger partial charge in [0.25, 0.3) is 0 Å². The first-order valence-electron chi connectivity index (χ1n) is 7.20. The van der Waals surface area contributed by atoms with Crippen LogP contribution in [-0.4, -0.2) is 12.5 Å². The predicted molar refractivity (Wildman–Crippen MR) is 81.5 cm³/mol. The highest BCUT2D eigenvalue weighted by molar-refractivity contribution is 7.10. The molecule has 0 spiro atoms. The van der Waals surface area contributed by atoms with Crippen LogP contribution in [-0.2, 0) is 11.3 Å². The van der Waals surface area contributed by atoms with Crippen molar-refractivity contribution in [3.05, 3.63) is 16.3 Å². The van der Waals surface area contributed by atoms with Gasteiger partial charge in [-0.2, -0.15) is 0 Å². The molecule has 1 aliphatic carbocycles. The summed E-state index contributed by atoms with van der Waals surface area (Å²) in [7, 11) is 0. The van der Waals surface area contributed by atoms with Gasteiger partial charge in [0.15, 0.2) is 0 Å². The van der Waals surface area contributed by atoms with Gasteiger partial charge in [-0.15, -0.1) is 11.3 Å². The maximum atomic E-state index is 11.1. The molecule has 4 heteroatoms. The molecule has 1 saturated carbocycles. The van der Waals surface area contributed by atoms with Gasteiger partial charge in [-0.05, 0) is 42.7 Å². The summed E-state index contributed by atoms with van der Waals surface area (Å²) >= 11 is 1.70. The molecule has 19 heavy (non-hydrogen) atoms. The molecule has 106 valence electrons. The number of amides is 1. The standard InChI is InChI=1S/C15H24N2OS/c1-11-4-3-5-13(8-11)9-16-10-15-14(6-7-19-15)17-12(2)18/h6-7,11,13,16H,3-5,8-10H2,1-2H3,(H,17,18). The van der Waals surface area contributed by atoms with Crippen molar-refractivity contribution in [1.82, 2.24) is 5.32 Å². The van der Waals surface area contributed by atoms with Crippen LogP contribution in [0.5, 0.6) is 0 Å². The average Bonchev–Trinajstić information content (AvgIpc) is 2.76. The van der Waals surface area contributed by atoms with Crippen LogP contribution < -0.4 is 10.6 Å². The Morgan fingerprint density at radius 2 is 2.32 bits per heavy atom. The molecule has 1 aliphatic rings. The third-order valence-corrected chi connectivity index (χ3v) is 4.74. The maximum absolute atomic E-state index is 11.1. The van der Waals surface area contributed by atoms with E-state index in [-0.39, 0.29) is 5.91 Å². The highest BCUT2D eigenvalue weighted by atomic mass is 32.1. The fraction of sp³-hybridized carbons (Fsp3) is 0.667. The Balaban J connectivity index is 1.76. The summed E-state index contributed by atoms with van der Waals surface area (Å²) < 4.78 is 0. The molecule has 2 N–H and O–H groups in total. The summed E-state index contributed by atoms with van der Waals surface area (Å²) in [5.74, 6) is 1.71. The van der Waals surface area contributed by atoms with E-state index in [2.05, 4.69) is 17.6 Å². The number of anilines is 1. The van der Waals surface area contributed by atoms with Gasteiger partial charge in [-0.25, -0.2) is 0 Å². The van der Waals surface area contributed by atoms with Crippen molar-refractivity contribution in [2.24, 2.45) is 11.8 Å². The minimum Gasteiger partial charge on any atom is -0.325 e. The number of nitrogens with one attached hydrogen (secondary N) is 2. The zero-order chi connectivity index (χ0) is 13.7. The Morgan fingerprint density at radius 1 is 1.47 bits per heavy atom. The Kier molecular flexibility index (Phi) is 5.40. The third-order valence-electron chi connectivity index (χ3n) is 3.82. The summed E-state index contributed by atoms with van der Waals surface area (Å²) in [6, 6.07) is 1.98. The van der Waals surface area contributed by atoms with E-state index < -0.39 is 0 Å². The van der Waals surface area contributed by atoms with E-state index in [0.29, 0.717) is 0 Å². The van der Waals surface area contributed by atoms with E-state index >= 15 is 0 Å². The second kappa shape index (κ2) is 7.06. The van der Waals surface area contributed by atoms with Gasteiger partial charge >= 0.3 is 0 Å². The molecule has 0 radical (unpaired) electrons. The first-order chi connectivity index (χ1) is 9.15. The molecule has 1 aromatic heterocycles. The molecule has 2 unspecified atom stereocenters. The summed E-state index contributed by atoms with van der Waals surface area (Å²) in [6.07, 6.45) is 5.49. The minimum atomic E-state index is 0.000699. The first kappa shape index (κ1) is 14.5. The number of carbonyl (C=O) groups excluding carboxylic acids is 1. The average molecular weight is 280 g/mol. The second-order valence-electron chi connectivity index (χ2n) is 5.71. The van der Waals surface area contributed by atoms with Crippen molar-refractivity contribution in [3.63, 3.8) is 0 Å². The third kappa shape index (κ3) is 4.62. The number of thiophene rings is 1. The van der Waals surface area contributed by atoms with E-state index in [1.54, 1.807) is 18.3 Å². The molecule has 1 heterocycles. The van der Waals surface area contributed by atoms with Crippen LogP contribution in [0.4, 0.5) is 5.69 Å². The van der Waals surface area contributed by atoms with E-state index in [1.807, 2.05) is 11.4 Å². The van der Waals surface area contributed by atoms with Crippen molar-refractivity contribution in [3.8, 4) is 0 Å². The summed E-state index contributed by atoms with van der Waals surface area (Å²) in [5, 5.41) is 8.46. The molecule has 1 aromatic rings. The predicted octanol–water partition coefficient (Wildman–Crippen LogP) is 3.62.